The normalized spacial score (nSPS) is 11.6. The molecule has 2 nitrogen and oxygen atoms in total. The quantitative estimate of drug-likeness (QED) is 0.823. The van der Waals surface area contributed by atoms with Crippen molar-refractivity contribution in [2.75, 3.05) is 5.32 Å². The number of aromatic nitrogens is 1. The van der Waals surface area contributed by atoms with Crippen LogP contribution in [0.3, 0.4) is 0 Å². The van der Waals surface area contributed by atoms with Crippen LogP contribution >= 0.6 is 34.5 Å². The molecule has 0 spiro atoms. The average Bonchev–Trinajstić information content (AvgIpc) is 2.72. The molecule has 0 atom stereocenters. The standard InChI is InChI=1S/C10H5Cl2F3N2S/c11-6-2-1-5(3-7(6)12)16-9-17-8(4-18-9)10(13,14)15/h1-4H,(H,16,17). The Kier molecular flexibility index (Phi) is 3.70. The van der Waals surface area contributed by atoms with Crippen LogP contribution in [0, 0.1) is 0 Å². The zero-order chi connectivity index (χ0) is 13.3. The highest BCUT2D eigenvalue weighted by Crippen LogP contribution is 2.33. The Hall–Kier alpha value is -0.980. The summed E-state index contributed by atoms with van der Waals surface area (Å²) in [6.07, 6.45) is -4.44. The van der Waals surface area contributed by atoms with Crippen LogP contribution < -0.4 is 5.32 Å². The minimum absolute atomic E-state index is 0.140. The van der Waals surface area contributed by atoms with Crippen molar-refractivity contribution in [2.24, 2.45) is 0 Å². The first kappa shape index (κ1) is 13.5. The number of nitrogens with zero attached hydrogens (tertiary/aromatic N) is 1. The Labute approximate surface area is 114 Å². The second-order valence-corrected chi connectivity index (χ2v) is 4.96. The van der Waals surface area contributed by atoms with Crippen LogP contribution in [0.2, 0.25) is 10.0 Å². The predicted octanol–water partition coefficient (Wildman–Crippen LogP) is 5.21. The maximum Gasteiger partial charge on any atom is 0.434 e. The molecule has 0 aliphatic carbocycles. The van der Waals surface area contributed by atoms with Gasteiger partial charge in [0, 0.05) is 11.1 Å². The lowest BCUT2D eigenvalue weighted by atomic mass is 10.3. The van der Waals surface area contributed by atoms with Crippen LogP contribution in [0.5, 0.6) is 0 Å². The number of rotatable bonds is 2. The number of alkyl halides is 3. The average molecular weight is 313 g/mol. The zero-order valence-corrected chi connectivity index (χ0v) is 10.9. The van der Waals surface area contributed by atoms with E-state index in [1.807, 2.05) is 0 Å². The molecule has 0 aliphatic heterocycles. The van der Waals surface area contributed by atoms with Gasteiger partial charge in [-0.05, 0) is 18.2 Å². The molecule has 0 amide bonds. The van der Waals surface area contributed by atoms with E-state index >= 15 is 0 Å². The summed E-state index contributed by atoms with van der Waals surface area (Å²) in [5.41, 5.74) is -0.400. The highest BCUT2D eigenvalue weighted by molar-refractivity contribution is 7.13. The Morgan fingerprint density at radius 1 is 1.17 bits per heavy atom. The van der Waals surface area contributed by atoms with Crippen molar-refractivity contribution in [3.8, 4) is 0 Å². The maximum atomic E-state index is 12.3. The molecular formula is C10H5Cl2F3N2S. The molecule has 2 rings (SSSR count). The lowest BCUT2D eigenvalue weighted by Crippen LogP contribution is -2.05. The fourth-order valence-corrected chi connectivity index (χ4v) is 2.19. The van der Waals surface area contributed by atoms with E-state index in [2.05, 4.69) is 10.3 Å². The first-order valence-electron chi connectivity index (χ1n) is 4.61. The number of hydrogen-bond donors (Lipinski definition) is 1. The molecule has 8 heteroatoms. The lowest BCUT2D eigenvalue weighted by Gasteiger charge is -2.04. The lowest BCUT2D eigenvalue weighted by molar-refractivity contribution is -0.140. The van der Waals surface area contributed by atoms with E-state index in [0.717, 1.165) is 16.7 Å². The van der Waals surface area contributed by atoms with E-state index in [-0.39, 0.29) is 5.13 Å². The Bertz CT molecular complexity index is 568. The largest absolute Gasteiger partial charge is 0.434 e. The van der Waals surface area contributed by atoms with Crippen LogP contribution in [-0.4, -0.2) is 4.98 Å². The molecule has 1 heterocycles. The smallest absolute Gasteiger partial charge is 0.331 e. The van der Waals surface area contributed by atoms with Crippen LogP contribution in [-0.2, 0) is 6.18 Å². The van der Waals surface area contributed by atoms with Gasteiger partial charge in [0.25, 0.3) is 0 Å². The van der Waals surface area contributed by atoms with Crippen molar-refractivity contribution in [1.82, 2.24) is 4.98 Å². The summed E-state index contributed by atoms with van der Waals surface area (Å²) in [6, 6.07) is 4.66. The van der Waals surface area contributed by atoms with E-state index in [1.54, 1.807) is 12.1 Å². The van der Waals surface area contributed by atoms with Gasteiger partial charge < -0.3 is 5.32 Å². The van der Waals surface area contributed by atoms with Crippen molar-refractivity contribution in [3.63, 3.8) is 0 Å². The van der Waals surface area contributed by atoms with Crippen molar-refractivity contribution in [1.29, 1.82) is 0 Å². The first-order chi connectivity index (χ1) is 8.36. The highest BCUT2D eigenvalue weighted by Gasteiger charge is 2.33. The summed E-state index contributed by atoms with van der Waals surface area (Å²) < 4.78 is 37.0. The number of benzene rings is 1. The molecule has 1 aromatic heterocycles. The maximum absolute atomic E-state index is 12.3. The molecule has 2 aromatic rings. The third-order valence-electron chi connectivity index (χ3n) is 1.97. The summed E-state index contributed by atoms with van der Waals surface area (Å²) in [5, 5.41) is 4.50. The van der Waals surface area contributed by atoms with E-state index in [9.17, 15) is 13.2 Å². The van der Waals surface area contributed by atoms with Gasteiger partial charge in [0.05, 0.1) is 10.0 Å². The Morgan fingerprint density at radius 3 is 2.44 bits per heavy atom. The number of anilines is 2. The number of nitrogens with one attached hydrogen (secondary N) is 1. The third-order valence-corrected chi connectivity index (χ3v) is 3.46. The molecule has 1 aromatic carbocycles. The summed E-state index contributed by atoms with van der Waals surface area (Å²) in [6.45, 7) is 0. The van der Waals surface area contributed by atoms with E-state index in [1.165, 1.54) is 6.07 Å². The minimum Gasteiger partial charge on any atom is -0.331 e. The van der Waals surface area contributed by atoms with Gasteiger partial charge in [-0.1, -0.05) is 23.2 Å². The summed E-state index contributed by atoms with van der Waals surface area (Å²) >= 11 is 12.4. The van der Waals surface area contributed by atoms with Gasteiger partial charge in [0.2, 0.25) is 0 Å². The molecular weight excluding hydrogens is 308 g/mol. The van der Waals surface area contributed by atoms with Crippen LogP contribution in [0.15, 0.2) is 23.6 Å². The number of halogens is 5. The molecule has 1 N–H and O–H groups in total. The third kappa shape index (κ3) is 3.07. The van der Waals surface area contributed by atoms with Gasteiger partial charge in [-0.2, -0.15) is 13.2 Å². The van der Waals surface area contributed by atoms with Gasteiger partial charge >= 0.3 is 6.18 Å². The van der Waals surface area contributed by atoms with Crippen molar-refractivity contribution in [2.45, 2.75) is 6.18 Å². The highest BCUT2D eigenvalue weighted by atomic mass is 35.5. The first-order valence-corrected chi connectivity index (χ1v) is 6.24. The van der Waals surface area contributed by atoms with Gasteiger partial charge in [0.1, 0.15) is 0 Å². The number of thiazole rings is 1. The van der Waals surface area contributed by atoms with Crippen molar-refractivity contribution < 1.29 is 13.2 Å². The second kappa shape index (κ2) is 4.95. The topological polar surface area (TPSA) is 24.9 Å². The van der Waals surface area contributed by atoms with Crippen LogP contribution in [0.25, 0.3) is 0 Å². The number of hydrogen-bond acceptors (Lipinski definition) is 3. The van der Waals surface area contributed by atoms with Gasteiger partial charge in [-0.25, -0.2) is 4.98 Å². The fourth-order valence-electron chi connectivity index (χ4n) is 1.16. The molecule has 0 radical (unpaired) electrons. The van der Waals surface area contributed by atoms with Crippen LogP contribution in [0.4, 0.5) is 24.0 Å². The van der Waals surface area contributed by atoms with E-state index in [0.29, 0.717) is 15.7 Å². The van der Waals surface area contributed by atoms with Crippen LogP contribution in [0.1, 0.15) is 5.69 Å². The van der Waals surface area contributed by atoms with Gasteiger partial charge in [-0.3, -0.25) is 0 Å². The summed E-state index contributed by atoms with van der Waals surface area (Å²) in [5.74, 6) is 0. The zero-order valence-electron chi connectivity index (χ0n) is 8.55. The molecule has 0 fully saturated rings. The fraction of sp³-hybridized carbons (Fsp3) is 0.100. The summed E-state index contributed by atoms with van der Waals surface area (Å²) in [4.78, 5) is 3.44. The molecule has 96 valence electrons. The molecule has 0 unspecified atom stereocenters. The Balaban J connectivity index is 2.19. The predicted molar refractivity (Wildman–Crippen MR) is 66.9 cm³/mol. The molecule has 0 saturated carbocycles. The summed E-state index contributed by atoms with van der Waals surface area (Å²) in [7, 11) is 0. The second-order valence-electron chi connectivity index (χ2n) is 3.29. The van der Waals surface area contributed by atoms with Gasteiger partial charge in [0.15, 0.2) is 10.8 Å². The molecule has 0 bridgehead atoms. The van der Waals surface area contributed by atoms with E-state index < -0.39 is 11.9 Å². The molecule has 0 saturated heterocycles. The van der Waals surface area contributed by atoms with Gasteiger partial charge in [-0.15, -0.1) is 11.3 Å². The monoisotopic (exact) mass is 312 g/mol. The van der Waals surface area contributed by atoms with Crippen molar-refractivity contribution in [3.05, 3.63) is 39.3 Å². The molecule has 0 aliphatic rings. The molecule has 18 heavy (non-hydrogen) atoms. The minimum atomic E-state index is -4.44. The SMILES string of the molecule is FC(F)(F)c1csc(Nc2ccc(Cl)c(Cl)c2)n1. The van der Waals surface area contributed by atoms with E-state index in [4.69, 9.17) is 23.2 Å². The van der Waals surface area contributed by atoms with Crippen molar-refractivity contribution >= 4 is 45.4 Å². The Morgan fingerprint density at radius 2 is 1.89 bits per heavy atom.